The van der Waals surface area contributed by atoms with E-state index in [0.717, 1.165) is 21.6 Å². The van der Waals surface area contributed by atoms with Gasteiger partial charge in [-0.15, -0.1) is 0 Å². The molecule has 35 N–H and O–H groups in total. The van der Waals surface area contributed by atoms with Crippen LogP contribution in [0.3, 0.4) is 0 Å². The first-order chi connectivity index (χ1) is 69.4. The third-order valence-corrected chi connectivity index (χ3v) is 23.9. The molecular formula is C88H126N26O30S2. The smallest absolute Gasteiger partial charge is 0.426 e. The first-order valence-electron chi connectivity index (χ1n) is 45.9. The summed E-state index contributed by atoms with van der Waals surface area (Å²) in [5.41, 5.74) is 18.1. The summed E-state index contributed by atoms with van der Waals surface area (Å²) in [5, 5.41) is 171. The van der Waals surface area contributed by atoms with Crippen LogP contribution in [0, 0.1) is 5.41 Å². The van der Waals surface area contributed by atoms with Crippen LogP contribution in [0.1, 0.15) is 150 Å². The highest BCUT2D eigenvalue weighted by molar-refractivity contribution is 8.76. The molecule has 6 rings (SSSR count). The van der Waals surface area contributed by atoms with Crippen LogP contribution < -0.4 is 102 Å². The zero-order valence-electron chi connectivity index (χ0n) is 79.4. The van der Waals surface area contributed by atoms with Crippen LogP contribution in [-0.2, 0) is 80.2 Å². The third kappa shape index (κ3) is 44.4. The average molecular weight is 2090 g/mol. The van der Waals surface area contributed by atoms with Crippen LogP contribution in [0.25, 0.3) is 28.0 Å². The van der Waals surface area contributed by atoms with E-state index in [1.165, 1.54) is 24.5 Å². The van der Waals surface area contributed by atoms with E-state index in [0.29, 0.717) is 34.0 Å². The number of aliphatic hydroxyl groups is 10. The summed E-state index contributed by atoms with van der Waals surface area (Å²) in [5.74, 6) is -15.1. The number of Topliss-reactive ketones (excluding diaryl/α,β-unsaturated/α-hetero) is 1. The number of fused-ring (bicyclic) bond motifs is 2. The molecule has 2 aromatic carbocycles. The van der Waals surface area contributed by atoms with Crippen molar-refractivity contribution in [3.05, 3.63) is 118 Å². The molecular weight excluding hydrogens is 1970 g/mol. The number of anilines is 4. The molecule has 0 aliphatic rings. The standard InChI is InChI=1S/C88H126N26O30S2/c1-44(100-45(2)47-5-9-49(10-6-47)95-36-52-38-99-78-74(103-52)84(140)112-87(91)111-78)4-21-69(128)104-56(15-22-66(125)92-29-28-62(121)75(134)65(124)43-117)46(3)101-58(19-26-71(130)131)81(137)106-59(17-24-68(127)97-40-55(120)34-63(122)64(123)42-116)82(138)107-60(20-27-72(132)133)83(139)105-57(16-23-67(126)96-39-53(118)13-14-54(119)41-115)80(136)93-30-32-145-146-33-31-144-88(143)114-113-70(129)25-18-61(85(141)142)108-79(135)48-7-11-50(12-8-48)94-35-51-37-98-77-73(102-51)76(89)109-86(90)110-77/h5-12,37-38,44,53-64,75,94-95,100-101,115-123,134H,2-4,13-36,39-43H2,1H3,(H,92,125)(H,93,136)(H,96,126)(H,97,127)(H,104,128)(H,105,139)(H,106,137)(H,107,138)(H,108,135)(H,113,129)(H,114,143)(H,130,131)(H,132,133)(H,141,142)(H4,89,90,98,109,110)(H3,91,99,111,112,140)/t44-,53-,54+,55-,56+,57+,58?,59+,60+,61+,62-,63+,64-,75+/m1/s1. The number of aliphatic carboxylic acids is 3. The molecule has 0 aliphatic heterocycles. The number of carbonyl (C=O) groups is 15. The van der Waals surface area contributed by atoms with Gasteiger partial charge in [0.1, 0.15) is 55.6 Å². The van der Waals surface area contributed by atoms with E-state index < -0.39 is 283 Å². The number of aliphatic hydroxyl groups excluding tert-OH is 10. The number of amides is 11. The van der Waals surface area contributed by atoms with E-state index in [-0.39, 0.29) is 140 Å². The lowest BCUT2D eigenvalue weighted by Crippen LogP contribution is -2.58. The number of carboxylic acid groups (broad SMARTS) is 3. The fourth-order valence-electron chi connectivity index (χ4n) is 13.4. The molecule has 0 saturated heterocycles. The number of nitrogens with zero attached hydrogens (tertiary/aromatic N) is 6. The van der Waals surface area contributed by atoms with E-state index in [2.05, 4.69) is 128 Å². The molecule has 11 amide bonds. The van der Waals surface area contributed by atoms with E-state index in [1.807, 2.05) is 5.43 Å². The first-order valence-corrected chi connectivity index (χ1v) is 48.4. The molecule has 146 heavy (non-hydrogen) atoms. The van der Waals surface area contributed by atoms with Crippen molar-refractivity contribution >= 4 is 162 Å². The van der Waals surface area contributed by atoms with Crippen LogP contribution in [0.4, 0.5) is 28.1 Å². The lowest BCUT2D eigenvalue weighted by atomic mass is 10.0. The second kappa shape index (κ2) is 62.9. The fraction of sp³-hybridized carbons (Fsp3) is 0.511. The van der Waals surface area contributed by atoms with E-state index in [4.69, 9.17) is 21.6 Å². The lowest BCUT2D eigenvalue weighted by Gasteiger charge is -2.29. The Labute approximate surface area is 840 Å². The minimum Gasteiger partial charge on any atom is -0.481 e. The van der Waals surface area contributed by atoms with Gasteiger partial charge in [0.25, 0.3) is 11.5 Å². The zero-order chi connectivity index (χ0) is 108. The number of hydrogen-bond acceptors (Lipinski definition) is 42. The Morgan fingerprint density at radius 3 is 1.51 bits per heavy atom. The van der Waals surface area contributed by atoms with E-state index in [1.54, 1.807) is 43.3 Å². The highest BCUT2D eigenvalue weighted by Gasteiger charge is 2.35. The van der Waals surface area contributed by atoms with E-state index in [9.17, 15) is 143 Å². The normalized spacial score (nSPS) is 14.0. The predicted molar refractivity (Wildman–Crippen MR) is 522 cm³/mol. The van der Waals surface area contributed by atoms with Gasteiger partial charge < -0.3 is 157 Å². The van der Waals surface area contributed by atoms with Crippen LogP contribution in [0.15, 0.2) is 84.6 Å². The number of hydrazine groups is 1. The Bertz CT molecular complexity index is 5560. The van der Waals surface area contributed by atoms with Crippen LogP contribution in [-0.4, -0.2) is 344 Å². The molecule has 14 atom stereocenters. The van der Waals surface area contributed by atoms with Gasteiger partial charge in [0, 0.05) is 123 Å². The summed E-state index contributed by atoms with van der Waals surface area (Å²) in [7, 11) is 2.26. The first kappa shape index (κ1) is 120. The molecule has 0 spiro atoms. The van der Waals surface area contributed by atoms with Gasteiger partial charge in [0.05, 0.1) is 86.6 Å². The topological polar surface area (TPSA) is 911 Å². The van der Waals surface area contributed by atoms with Crippen LogP contribution in [0.2, 0.25) is 0 Å². The molecule has 0 radical (unpaired) electrons. The fourth-order valence-corrected chi connectivity index (χ4v) is 15.2. The molecule has 4 aromatic heterocycles. The van der Waals surface area contributed by atoms with Gasteiger partial charge in [-0.1, -0.05) is 46.9 Å². The summed E-state index contributed by atoms with van der Waals surface area (Å²) >= 11 is 0. The monoisotopic (exact) mass is 2090 g/mol. The maximum atomic E-state index is 14.9. The second-order valence-corrected chi connectivity index (χ2v) is 36.0. The quantitative estimate of drug-likeness (QED) is 0.00959. The number of hydrogen-bond donors (Lipinski definition) is 33. The highest BCUT2D eigenvalue weighted by atomic mass is 33.1. The molecule has 56 nitrogen and oxygen atoms in total. The molecule has 0 saturated carbocycles. The van der Waals surface area contributed by atoms with Crippen LogP contribution >= 0.6 is 21.6 Å². The van der Waals surface area contributed by atoms with E-state index >= 15 is 0 Å². The van der Waals surface area contributed by atoms with Gasteiger partial charge in [0.15, 0.2) is 33.6 Å². The highest BCUT2D eigenvalue weighted by Crippen LogP contribution is 2.23. The number of H-pyrrole nitrogens is 2. The summed E-state index contributed by atoms with van der Waals surface area (Å²) in [4.78, 5) is 242. The summed E-state index contributed by atoms with van der Waals surface area (Å²) < 4.78 is 5.09. The molecule has 0 aliphatic carbocycles. The number of benzene rings is 2. The number of aromatic nitrogens is 8. The molecule has 0 bridgehead atoms. The lowest BCUT2D eigenvalue weighted by molar-refractivity contribution is -0.140. The predicted octanol–water partition coefficient (Wildman–Crippen LogP) is -6.64. The number of ether oxygens (including phenoxy) is 1. The molecule has 800 valence electrons. The summed E-state index contributed by atoms with van der Waals surface area (Å²) in [6.45, 7) is 5.85. The van der Waals surface area contributed by atoms with Gasteiger partial charge in [-0.25, -0.2) is 35.0 Å². The van der Waals surface area contributed by atoms with Crippen molar-refractivity contribution in [1.82, 2.24) is 109 Å². The average Bonchev–Trinajstić information content (AvgIpc) is 0.810. The number of carboxylic acids is 3. The van der Waals surface area contributed by atoms with Crippen LogP contribution in [0.5, 0.6) is 0 Å². The third-order valence-electron chi connectivity index (χ3n) is 21.6. The Balaban J connectivity index is 1.12. The van der Waals surface area contributed by atoms with Crippen molar-refractivity contribution < 1.29 is 143 Å². The Morgan fingerprint density at radius 1 is 0.466 bits per heavy atom. The Hall–Kier alpha value is -14.5. The van der Waals surface area contributed by atoms with Crippen molar-refractivity contribution in [3.8, 4) is 0 Å². The van der Waals surface area contributed by atoms with Crippen molar-refractivity contribution in [3.63, 3.8) is 0 Å². The summed E-state index contributed by atoms with van der Waals surface area (Å²) in [6, 6.07) is 2.09. The molecule has 0 fully saturated rings. The minimum atomic E-state index is -2.00. The van der Waals surface area contributed by atoms with Crippen molar-refractivity contribution in [2.24, 2.45) is 0 Å². The maximum absolute atomic E-state index is 14.9. The van der Waals surface area contributed by atoms with Gasteiger partial charge in [0.2, 0.25) is 65.1 Å². The number of nitrogens with one attached hydrogen (secondary N) is 18. The molecule has 1 unspecified atom stereocenters. The zero-order valence-corrected chi connectivity index (χ0v) is 81.0. The largest absolute Gasteiger partial charge is 0.481 e. The molecule has 58 heteroatoms. The maximum Gasteiger partial charge on any atom is 0.426 e. The molecule has 6 aromatic rings. The number of nitrogen functional groups attached to an aromatic ring is 2. The number of rotatable bonds is 69. The minimum absolute atomic E-state index is 0.00505. The number of ketones is 1. The SMILES string of the molecule is C=C(N[C@H](C)CCC(=O)N[C@@H](CCC(=O)NCC[C@@H](O)[C@H](O)C(=O)CO)C(=C)NC(CCC(=O)O)C(=O)N[C@@H](CCC(=O)NC[C@H](O)C[C@H](O)[C@H](O)CO)C(=O)N[C@@H](CCC(=O)O)C(=O)N[C@@H](CCC(=O)NC[C@H](O)CC[C@H](O)CO)C(=O)NCCSSCCOC(=O)NNC(=O)CC[C@H](NC(=O)c1ccc(NCc2cnc3nc(N)[nH]c(=N)c3n2)cc1)C(=O)O)c1ccc(NCc2cnc3nc(N)[nH]c(=O)c3n2)cc1. The van der Waals surface area contributed by atoms with Gasteiger partial charge in [-0.2, -0.15) is 9.97 Å². The number of nitrogens with two attached hydrogens (primary N) is 2. The van der Waals surface area contributed by atoms with Crippen molar-refractivity contribution in [2.75, 3.05) is 86.2 Å². The molecule has 4 heterocycles. The number of carbonyl (C=O) groups excluding carboxylic acids is 12. The Morgan fingerprint density at radius 2 is 0.952 bits per heavy atom. The second-order valence-electron chi connectivity index (χ2n) is 33.3. The number of aromatic amines is 2. The Kier molecular flexibility index (Phi) is 51.8. The summed E-state index contributed by atoms with van der Waals surface area (Å²) in [6.07, 6.45) is -18.0. The van der Waals surface area contributed by atoms with Gasteiger partial charge in [-0.05, 0) is 113 Å². The van der Waals surface area contributed by atoms with Gasteiger partial charge in [-0.3, -0.25) is 82.9 Å². The van der Waals surface area contributed by atoms with Gasteiger partial charge >= 0.3 is 24.0 Å². The van der Waals surface area contributed by atoms with Crippen molar-refractivity contribution in [2.45, 2.75) is 221 Å². The van der Waals surface area contributed by atoms with Crippen molar-refractivity contribution in [1.29, 1.82) is 5.41 Å².